The van der Waals surface area contributed by atoms with Crippen LogP contribution in [0.15, 0.2) is 12.4 Å². The minimum Gasteiger partial charge on any atom is -0.309 e. The zero-order valence-electron chi connectivity index (χ0n) is 9.76. The van der Waals surface area contributed by atoms with E-state index in [1.807, 2.05) is 0 Å². The second-order valence-electron chi connectivity index (χ2n) is 3.49. The van der Waals surface area contributed by atoms with E-state index in [4.69, 9.17) is 0 Å². The van der Waals surface area contributed by atoms with Gasteiger partial charge < -0.3 is 5.32 Å². The molecule has 0 saturated heterocycles. The number of nitrogens with one attached hydrogen (secondary N) is 2. The number of fused-ring (bicyclic) bond motifs is 1. The minimum absolute atomic E-state index is 0.0688. The number of amides is 2. The van der Waals surface area contributed by atoms with E-state index in [1.54, 1.807) is 0 Å². The van der Waals surface area contributed by atoms with Crippen LogP contribution in [0.3, 0.4) is 0 Å². The van der Waals surface area contributed by atoms with Crippen molar-refractivity contribution in [2.75, 3.05) is 10.6 Å². The Hall–Kier alpha value is -2.64. The number of nitrogens with zero attached hydrogens (tertiary/aromatic N) is 4. The molecule has 0 aliphatic rings. The Morgan fingerprint density at radius 1 is 1.00 bits per heavy atom. The normalized spacial score (nSPS) is 10.1. The van der Waals surface area contributed by atoms with Gasteiger partial charge in [0.25, 0.3) is 0 Å². The van der Waals surface area contributed by atoms with Crippen LogP contribution in [0.1, 0.15) is 13.8 Å². The first-order chi connectivity index (χ1) is 8.56. The van der Waals surface area contributed by atoms with Gasteiger partial charge in [-0.2, -0.15) is 9.97 Å². The van der Waals surface area contributed by atoms with E-state index in [9.17, 15) is 9.59 Å². The molecule has 0 aromatic carbocycles. The molecule has 0 atom stereocenters. The van der Waals surface area contributed by atoms with Crippen molar-refractivity contribution in [3.05, 3.63) is 12.4 Å². The van der Waals surface area contributed by atoms with Gasteiger partial charge in [0.15, 0.2) is 17.0 Å². The van der Waals surface area contributed by atoms with Gasteiger partial charge in [-0.1, -0.05) is 0 Å². The molecule has 0 saturated carbocycles. The molecule has 92 valence electrons. The maximum Gasteiger partial charge on any atom is 0.233 e. The number of carbonyl (C=O) groups excluding carboxylic acids is 2. The topological polar surface area (TPSA) is 110 Å². The molecule has 2 aromatic rings. The van der Waals surface area contributed by atoms with Crippen molar-refractivity contribution in [3.8, 4) is 0 Å². The molecular weight excluding hydrogens is 236 g/mol. The average molecular weight is 246 g/mol. The summed E-state index contributed by atoms with van der Waals surface area (Å²) < 4.78 is 0. The lowest BCUT2D eigenvalue weighted by Gasteiger charge is -2.07. The summed E-state index contributed by atoms with van der Waals surface area (Å²) in [5.41, 5.74) is 0.654. The number of hydrogen-bond acceptors (Lipinski definition) is 6. The molecule has 2 rings (SSSR count). The van der Waals surface area contributed by atoms with Gasteiger partial charge in [0.05, 0.1) is 0 Å². The second kappa shape index (κ2) is 4.70. The SMILES string of the molecule is CC(=O)Nc1nc(NC(C)=O)c2nccnc2n1. The third-order valence-corrected chi connectivity index (χ3v) is 1.92. The van der Waals surface area contributed by atoms with Crippen LogP contribution in [-0.4, -0.2) is 31.8 Å². The number of carbonyl (C=O) groups is 2. The number of aromatic nitrogens is 4. The molecule has 8 heteroatoms. The van der Waals surface area contributed by atoms with E-state index < -0.39 is 0 Å². The first kappa shape index (κ1) is 11.8. The molecule has 0 fully saturated rings. The Morgan fingerprint density at radius 3 is 2.33 bits per heavy atom. The lowest BCUT2D eigenvalue weighted by atomic mass is 10.4. The predicted octanol–water partition coefficient (Wildman–Crippen LogP) is 0.337. The van der Waals surface area contributed by atoms with Gasteiger partial charge in [-0.25, -0.2) is 9.97 Å². The number of hydrogen-bond donors (Lipinski definition) is 2. The van der Waals surface area contributed by atoms with E-state index in [-0.39, 0.29) is 23.6 Å². The van der Waals surface area contributed by atoms with Gasteiger partial charge in [-0.3, -0.25) is 14.9 Å². The fourth-order valence-corrected chi connectivity index (χ4v) is 1.33. The zero-order valence-corrected chi connectivity index (χ0v) is 9.76. The summed E-state index contributed by atoms with van der Waals surface area (Å²) in [5, 5.41) is 4.95. The van der Waals surface area contributed by atoms with Crippen LogP contribution in [0, 0.1) is 0 Å². The van der Waals surface area contributed by atoms with Crippen molar-refractivity contribution in [3.63, 3.8) is 0 Å². The van der Waals surface area contributed by atoms with E-state index in [0.717, 1.165) is 0 Å². The summed E-state index contributed by atoms with van der Waals surface area (Å²) in [6.07, 6.45) is 2.93. The lowest BCUT2D eigenvalue weighted by molar-refractivity contribution is -0.115. The zero-order chi connectivity index (χ0) is 13.1. The Balaban J connectivity index is 2.56. The quantitative estimate of drug-likeness (QED) is 0.790. The molecule has 0 bridgehead atoms. The Kier molecular flexibility index (Phi) is 3.09. The molecule has 0 spiro atoms. The summed E-state index contributed by atoms with van der Waals surface area (Å²) in [6, 6.07) is 0. The van der Waals surface area contributed by atoms with Crippen molar-refractivity contribution in [1.29, 1.82) is 0 Å². The second-order valence-corrected chi connectivity index (χ2v) is 3.49. The fraction of sp³-hybridized carbons (Fsp3) is 0.200. The van der Waals surface area contributed by atoms with Crippen molar-refractivity contribution >= 4 is 34.7 Å². The molecule has 8 nitrogen and oxygen atoms in total. The first-order valence-electron chi connectivity index (χ1n) is 5.10. The smallest absolute Gasteiger partial charge is 0.233 e. The summed E-state index contributed by atoms with van der Waals surface area (Å²) in [5.74, 6) is -0.329. The van der Waals surface area contributed by atoms with Gasteiger partial charge in [0.1, 0.15) is 0 Å². The van der Waals surface area contributed by atoms with Crippen molar-refractivity contribution < 1.29 is 9.59 Å². The van der Waals surface area contributed by atoms with Gasteiger partial charge in [-0.15, -0.1) is 0 Å². The third kappa shape index (κ3) is 2.54. The standard InChI is InChI=1S/C10H10N6O2/c1-5(17)13-9-7-8(12-4-3-11-7)15-10(16-9)14-6(2)18/h3-4H,1-2H3,(H2,12,13,14,15,16,17,18). The number of rotatable bonds is 2. The van der Waals surface area contributed by atoms with Gasteiger partial charge in [0, 0.05) is 26.2 Å². The van der Waals surface area contributed by atoms with Crippen molar-refractivity contribution in [2.45, 2.75) is 13.8 Å². The summed E-state index contributed by atoms with van der Waals surface area (Å²) in [6.45, 7) is 2.69. The average Bonchev–Trinajstić information content (AvgIpc) is 2.27. The highest BCUT2D eigenvalue weighted by molar-refractivity contribution is 5.96. The maximum atomic E-state index is 11.1. The largest absolute Gasteiger partial charge is 0.309 e. The minimum atomic E-state index is -0.313. The molecule has 2 heterocycles. The molecule has 2 N–H and O–H groups in total. The van der Waals surface area contributed by atoms with Crippen molar-refractivity contribution in [2.24, 2.45) is 0 Å². The highest BCUT2D eigenvalue weighted by Gasteiger charge is 2.11. The van der Waals surface area contributed by atoms with Crippen molar-refractivity contribution in [1.82, 2.24) is 19.9 Å². The molecule has 2 amide bonds. The van der Waals surface area contributed by atoms with Crippen LogP contribution in [0.25, 0.3) is 11.2 Å². The van der Waals surface area contributed by atoms with Crippen LogP contribution in [-0.2, 0) is 9.59 Å². The van der Waals surface area contributed by atoms with Crippen LogP contribution in [0.5, 0.6) is 0 Å². The van der Waals surface area contributed by atoms with Gasteiger partial charge >= 0.3 is 0 Å². The molecule has 18 heavy (non-hydrogen) atoms. The lowest BCUT2D eigenvalue weighted by Crippen LogP contribution is -2.14. The fourth-order valence-electron chi connectivity index (χ4n) is 1.33. The number of anilines is 2. The summed E-state index contributed by atoms with van der Waals surface area (Å²) in [7, 11) is 0. The highest BCUT2D eigenvalue weighted by Crippen LogP contribution is 2.17. The molecular formula is C10H10N6O2. The summed E-state index contributed by atoms with van der Waals surface area (Å²) >= 11 is 0. The van der Waals surface area contributed by atoms with Gasteiger partial charge in [-0.05, 0) is 0 Å². The van der Waals surface area contributed by atoms with Crippen LogP contribution < -0.4 is 10.6 Å². The molecule has 0 radical (unpaired) electrons. The van der Waals surface area contributed by atoms with E-state index >= 15 is 0 Å². The molecule has 0 aliphatic heterocycles. The maximum absolute atomic E-state index is 11.1. The Labute approximate surface area is 102 Å². The van der Waals surface area contributed by atoms with E-state index in [0.29, 0.717) is 11.2 Å². The van der Waals surface area contributed by atoms with Crippen LogP contribution in [0.2, 0.25) is 0 Å². The summed E-state index contributed by atoms with van der Waals surface area (Å²) in [4.78, 5) is 38.1. The predicted molar refractivity (Wildman–Crippen MR) is 63.7 cm³/mol. The Bertz CT molecular complexity index is 627. The molecule has 2 aromatic heterocycles. The van der Waals surface area contributed by atoms with Gasteiger partial charge in [0.2, 0.25) is 17.8 Å². The van der Waals surface area contributed by atoms with E-state index in [2.05, 4.69) is 30.6 Å². The van der Waals surface area contributed by atoms with Crippen LogP contribution in [0.4, 0.5) is 11.8 Å². The Morgan fingerprint density at radius 2 is 1.67 bits per heavy atom. The molecule has 0 unspecified atom stereocenters. The third-order valence-electron chi connectivity index (χ3n) is 1.92. The molecule has 0 aliphatic carbocycles. The van der Waals surface area contributed by atoms with E-state index in [1.165, 1.54) is 26.2 Å². The monoisotopic (exact) mass is 246 g/mol. The van der Waals surface area contributed by atoms with Crippen LogP contribution >= 0.6 is 0 Å². The highest BCUT2D eigenvalue weighted by atomic mass is 16.2. The first-order valence-corrected chi connectivity index (χ1v) is 5.10.